The van der Waals surface area contributed by atoms with Gasteiger partial charge in [-0.3, -0.25) is 4.40 Å². The van der Waals surface area contributed by atoms with E-state index < -0.39 is 0 Å². The van der Waals surface area contributed by atoms with Crippen molar-refractivity contribution in [3.8, 4) is 11.1 Å². The molecule has 0 saturated heterocycles. The fraction of sp³-hybridized carbons (Fsp3) is 0. The van der Waals surface area contributed by atoms with Crippen LogP contribution in [0.1, 0.15) is 0 Å². The molecule has 0 amide bonds. The highest BCUT2D eigenvalue weighted by molar-refractivity contribution is 14.1. The first-order valence-electron chi connectivity index (χ1n) is 6.45. The lowest BCUT2D eigenvalue weighted by molar-refractivity contribution is 1.18. The van der Waals surface area contributed by atoms with Gasteiger partial charge in [0.25, 0.3) is 0 Å². The van der Waals surface area contributed by atoms with E-state index in [1.807, 2.05) is 12.1 Å². The van der Waals surface area contributed by atoms with Crippen LogP contribution in [0.2, 0.25) is 0 Å². The van der Waals surface area contributed by atoms with Gasteiger partial charge in [0, 0.05) is 0 Å². The number of nitrogens with zero attached hydrogens (tertiary/aromatic N) is 2. The summed E-state index contributed by atoms with van der Waals surface area (Å²) < 4.78 is 3.37. The summed E-state index contributed by atoms with van der Waals surface area (Å²) in [6.07, 6.45) is 0. The standard InChI is InChI=1S/C17H11IN2/c18-16-10-13(12-6-2-1-3-7-12)11-17-19-14-8-4-5-9-15(14)20(16)17/h1-11H. The van der Waals surface area contributed by atoms with E-state index in [0.29, 0.717) is 0 Å². The fourth-order valence-corrected chi connectivity index (χ4v) is 3.38. The highest BCUT2D eigenvalue weighted by Crippen LogP contribution is 2.26. The number of benzene rings is 2. The molecule has 2 nitrogen and oxygen atoms in total. The Kier molecular flexibility index (Phi) is 2.73. The molecule has 0 spiro atoms. The van der Waals surface area contributed by atoms with E-state index in [9.17, 15) is 0 Å². The molecule has 4 rings (SSSR count). The second-order valence-electron chi connectivity index (χ2n) is 4.73. The van der Waals surface area contributed by atoms with E-state index in [-0.39, 0.29) is 0 Å². The van der Waals surface area contributed by atoms with Gasteiger partial charge < -0.3 is 0 Å². The number of imidazole rings is 1. The van der Waals surface area contributed by atoms with Gasteiger partial charge in [0.1, 0.15) is 5.65 Å². The SMILES string of the molecule is Ic1cc(-c2ccccc2)cc2nc3ccccc3n12. The lowest BCUT2D eigenvalue weighted by Gasteiger charge is -2.05. The Morgan fingerprint density at radius 3 is 2.40 bits per heavy atom. The quantitative estimate of drug-likeness (QED) is 0.349. The van der Waals surface area contributed by atoms with Crippen molar-refractivity contribution in [3.63, 3.8) is 0 Å². The normalized spacial score (nSPS) is 11.2. The van der Waals surface area contributed by atoms with Crippen molar-refractivity contribution in [2.75, 3.05) is 0 Å². The van der Waals surface area contributed by atoms with Gasteiger partial charge in [-0.2, -0.15) is 0 Å². The Morgan fingerprint density at radius 2 is 1.55 bits per heavy atom. The van der Waals surface area contributed by atoms with E-state index in [0.717, 1.165) is 16.7 Å². The zero-order valence-electron chi connectivity index (χ0n) is 10.6. The molecule has 0 N–H and O–H groups in total. The molecule has 0 aliphatic heterocycles. The van der Waals surface area contributed by atoms with Crippen molar-refractivity contribution in [2.24, 2.45) is 0 Å². The van der Waals surface area contributed by atoms with Crippen LogP contribution >= 0.6 is 22.6 Å². The first-order chi connectivity index (χ1) is 9.83. The summed E-state index contributed by atoms with van der Waals surface area (Å²) in [6.45, 7) is 0. The molecule has 0 atom stereocenters. The van der Waals surface area contributed by atoms with Crippen molar-refractivity contribution >= 4 is 39.3 Å². The number of fused-ring (bicyclic) bond motifs is 3. The predicted octanol–water partition coefficient (Wildman–Crippen LogP) is 4.76. The van der Waals surface area contributed by atoms with Gasteiger partial charge in [0.2, 0.25) is 0 Å². The maximum atomic E-state index is 4.72. The summed E-state index contributed by atoms with van der Waals surface area (Å²) >= 11 is 2.38. The third-order valence-corrected chi connectivity index (χ3v) is 4.26. The van der Waals surface area contributed by atoms with Crippen LogP contribution in [-0.4, -0.2) is 9.38 Å². The van der Waals surface area contributed by atoms with Gasteiger partial charge in [0.15, 0.2) is 0 Å². The molecule has 2 aromatic heterocycles. The number of para-hydroxylation sites is 2. The van der Waals surface area contributed by atoms with Crippen molar-refractivity contribution in [1.29, 1.82) is 0 Å². The van der Waals surface area contributed by atoms with Crippen molar-refractivity contribution in [2.45, 2.75) is 0 Å². The third-order valence-electron chi connectivity index (χ3n) is 3.47. The monoisotopic (exact) mass is 370 g/mol. The molecule has 0 aliphatic rings. The van der Waals surface area contributed by atoms with Crippen molar-refractivity contribution < 1.29 is 0 Å². The highest BCUT2D eigenvalue weighted by Gasteiger charge is 2.09. The van der Waals surface area contributed by atoms with Crippen LogP contribution < -0.4 is 0 Å². The summed E-state index contributed by atoms with van der Waals surface area (Å²) in [7, 11) is 0. The Morgan fingerprint density at radius 1 is 0.800 bits per heavy atom. The first kappa shape index (κ1) is 11.9. The summed E-state index contributed by atoms with van der Waals surface area (Å²) in [5.74, 6) is 0. The zero-order valence-corrected chi connectivity index (χ0v) is 12.8. The van der Waals surface area contributed by atoms with Gasteiger partial charge in [-0.05, 0) is 58.0 Å². The Balaban J connectivity index is 2.06. The summed E-state index contributed by atoms with van der Waals surface area (Å²) in [4.78, 5) is 4.72. The van der Waals surface area contributed by atoms with Crippen LogP contribution in [0.25, 0.3) is 27.8 Å². The number of aromatic nitrogens is 2. The fourth-order valence-electron chi connectivity index (χ4n) is 2.54. The molecular formula is C17H11IN2. The zero-order chi connectivity index (χ0) is 13.5. The van der Waals surface area contributed by atoms with Crippen LogP contribution in [0.15, 0.2) is 66.7 Å². The average Bonchev–Trinajstić information content (AvgIpc) is 2.87. The lowest BCUT2D eigenvalue weighted by atomic mass is 10.1. The second-order valence-corrected chi connectivity index (χ2v) is 5.83. The number of hydrogen-bond acceptors (Lipinski definition) is 1. The van der Waals surface area contributed by atoms with Crippen LogP contribution in [0.3, 0.4) is 0 Å². The van der Waals surface area contributed by atoms with Crippen molar-refractivity contribution in [1.82, 2.24) is 9.38 Å². The maximum absolute atomic E-state index is 4.72. The highest BCUT2D eigenvalue weighted by atomic mass is 127. The van der Waals surface area contributed by atoms with E-state index >= 15 is 0 Å². The molecule has 0 aliphatic carbocycles. The first-order valence-corrected chi connectivity index (χ1v) is 7.53. The molecule has 4 aromatic rings. The minimum absolute atomic E-state index is 0.997. The topological polar surface area (TPSA) is 17.3 Å². The van der Waals surface area contributed by atoms with Gasteiger partial charge in [0.05, 0.1) is 14.7 Å². The summed E-state index contributed by atoms with van der Waals surface area (Å²) in [5, 5.41) is 0. The Labute approximate surface area is 130 Å². The molecular weight excluding hydrogens is 359 g/mol. The third kappa shape index (κ3) is 1.81. The number of pyridine rings is 1. The van der Waals surface area contributed by atoms with E-state index in [1.165, 1.54) is 14.8 Å². The lowest BCUT2D eigenvalue weighted by Crippen LogP contribution is -1.92. The second kappa shape index (κ2) is 4.59. The predicted molar refractivity (Wildman–Crippen MR) is 90.9 cm³/mol. The number of rotatable bonds is 1. The van der Waals surface area contributed by atoms with Gasteiger partial charge in [-0.1, -0.05) is 42.5 Å². The molecule has 0 unspecified atom stereocenters. The molecule has 3 heteroatoms. The summed E-state index contributed by atoms with van der Waals surface area (Å²) in [5.41, 5.74) is 5.62. The van der Waals surface area contributed by atoms with Crippen LogP contribution in [-0.2, 0) is 0 Å². The van der Waals surface area contributed by atoms with Crippen LogP contribution in [0, 0.1) is 3.70 Å². The molecule has 0 fully saturated rings. The molecule has 0 saturated carbocycles. The summed E-state index contributed by atoms with van der Waals surface area (Å²) in [6, 6.07) is 23.0. The molecule has 2 aromatic carbocycles. The van der Waals surface area contributed by atoms with E-state index in [1.54, 1.807) is 0 Å². The Bertz CT molecular complexity index is 910. The van der Waals surface area contributed by atoms with Gasteiger partial charge in [-0.15, -0.1) is 0 Å². The van der Waals surface area contributed by atoms with Crippen molar-refractivity contribution in [3.05, 3.63) is 70.4 Å². The van der Waals surface area contributed by atoms with Crippen LogP contribution in [0.4, 0.5) is 0 Å². The molecule has 0 bridgehead atoms. The smallest absolute Gasteiger partial charge is 0.139 e. The van der Waals surface area contributed by atoms with E-state index in [4.69, 9.17) is 4.98 Å². The van der Waals surface area contributed by atoms with Gasteiger partial charge in [-0.25, -0.2) is 4.98 Å². The minimum Gasteiger partial charge on any atom is -0.287 e. The average molecular weight is 370 g/mol. The van der Waals surface area contributed by atoms with E-state index in [2.05, 4.69) is 81.6 Å². The van der Waals surface area contributed by atoms with Crippen LogP contribution in [0.5, 0.6) is 0 Å². The number of hydrogen-bond donors (Lipinski definition) is 0. The van der Waals surface area contributed by atoms with Gasteiger partial charge >= 0.3 is 0 Å². The maximum Gasteiger partial charge on any atom is 0.139 e. The minimum atomic E-state index is 0.997. The molecule has 96 valence electrons. The molecule has 20 heavy (non-hydrogen) atoms. The number of halogens is 1. The molecule has 0 radical (unpaired) electrons. The largest absolute Gasteiger partial charge is 0.287 e. The molecule has 2 heterocycles. The Hall–Kier alpha value is -1.88.